The smallest absolute Gasteiger partial charge is 0.0541 e. The largest absolute Gasteiger partial charge is 0.311 e. The van der Waals surface area contributed by atoms with Crippen LogP contribution in [0.2, 0.25) is 0 Å². The van der Waals surface area contributed by atoms with Gasteiger partial charge in [0, 0.05) is 54.5 Å². The topological polar surface area (TPSA) is 13.1 Å². The molecule has 0 N–H and O–H groups in total. The molecule has 0 aliphatic carbocycles. The maximum absolute atomic E-state index is 3.61. The lowest BCUT2D eigenvalue weighted by Gasteiger charge is -2.26. The number of anilines is 3. The Kier molecular flexibility index (Phi) is 11.0. The second kappa shape index (κ2) is 16.4. The summed E-state index contributed by atoms with van der Waals surface area (Å²) < 4.78 is 5.96. The molecule has 0 radical (unpaired) electrons. The van der Waals surface area contributed by atoms with Gasteiger partial charge in [0.25, 0.3) is 0 Å². The van der Waals surface area contributed by atoms with Gasteiger partial charge in [-0.25, -0.2) is 0 Å². The molecule has 0 bridgehead atoms. The van der Waals surface area contributed by atoms with Crippen LogP contribution < -0.4 is 4.90 Å². The van der Waals surface area contributed by atoms with E-state index in [2.05, 4.69) is 283 Å². The van der Waals surface area contributed by atoms with Crippen LogP contribution in [0.4, 0.5) is 17.1 Å². The Labute approximate surface area is 412 Å². The summed E-state index contributed by atoms with van der Waals surface area (Å²) in [4.78, 5) is 2.38. The SMILES string of the molecule is CC(C)(C)c1ccc2c(c1)c1cc(C(C)(C)C)ccc1n2-c1ccc(N(c2ccc(-c3ccc(Br)cc3)cc2)c2ccc(-n3c4ccc(C(C)(C)C)cc4c4cc(C(C)(C)C)ccc43)cc2)cc1. The van der Waals surface area contributed by atoms with E-state index in [0.29, 0.717) is 0 Å². The predicted molar refractivity (Wildman–Crippen MR) is 298 cm³/mol. The molecule has 2 aromatic heterocycles. The number of benzene rings is 8. The molecule has 0 fully saturated rings. The van der Waals surface area contributed by atoms with Crippen LogP contribution in [-0.2, 0) is 21.7 Å². The fourth-order valence-corrected chi connectivity index (χ4v) is 10.1. The molecule has 2 heterocycles. The highest BCUT2D eigenvalue weighted by atomic mass is 79.9. The lowest BCUT2D eigenvalue weighted by atomic mass is 9.85. The molecule has 10 aromatic rings. The maximum atomic E-state index is 3.61. The third-order valence-corrected chi connectivity index (χ3v) is 14.6. The molecule has 342 valence electrons. The fourth-order valence-electron chi connectivity index (χ4n) is 9.86. The predicted octanol–water partition coefficient (Wildman–Crippen LogP) is 19.0. The molecular weight excluding hydrogens is 891 g/mol. The molecule has 68 heavy (non-hydrogen) atoms. The van der Waals surface area contributed by atoms with Crippen LogP contribution >= 0.6 is 15.9 Å². The molecule has 0 saturated heterocycles. The van der Waals surface area contributed by atoms with Crippen molar-refractivity contribution < 1.29 is 0 Å². The summed E-state index contributed by atoms with van der Waals surface area (Å²) in [7, 11) is 0. The van der Waals surface area contributed by atoms with Gasteiger partial charge in [-0.1, -0.05) is 148 Å². The lowest BCUT2D eigenvalue weighted by Crippen LogP contribution is -2.11. The summed E-state index contributed by atoms with van der Waals surface area (Å²) in [5.41, 5.74) is 18.3. The number of hydrogen-bond donors (Lipinski definition) is 0. The quantitative estimate of drug-likeness (QED) is 0.162. The zero-order valence-electron chi connectivity index (χ0n) is 41.9. The van der Waals surface area contributed by atoms with Gasteiger partial charge in [-0.05, 0) is 176 Å². The summed E-state index contributed by atoms with van der Waals surface area (Å²) in [5.74, 6) is 0. The molecule has 0 atom stereocenters. The van der Waals surface area contributed by atoms with E-state index >= 15 is 0 Å². The van der Waals surface area contributed by atoms with Crippen LogP contribution in [0.25, 0.3) is 66.1 Å². The average Bonchev–Trinajstić information content (AvgIpc) is 3.80. The van der Waals surface area contributed by atoms with Crippen molar-refractivity contribution in [3.8, 4) is 22.5 Å². The highest BCUT2D eigenvalue weighted by Crippen LogP contribution is 2.42. The molecule has 0 aliphatic heterocycles. The van der Waals surface area contributed by atoms with Gasteiger partial charge in [-0.2, -0.15) is 0 Å². The highest BCUT2D eigenvalue weighted by molar-refractivity contribution is 9.10. The van der Waals surface area contributed by atoms with Crippen molar-refractivity contribution in [2.45, 2.75) is 105 Å². The summed E-state index contributed by atoms with van der Waals surface area (Å²) in [6, 6.07) is 64.0. The Morgan fingerprint density at radius 1 is 0.309 bits per heavy atom. The third kappa shape index (κ3) is 8.25. The molecular formula is C64H64BrN3. The molecule has 8 aromatic carbocycles. The molecule has 10 rings (SSSR count). The number of fused-ring (bicyclic) bond motifs is 6. The van der Waals surface area contributed by atoms with E-state index in [9.17, 15) is 0 Å². The van der Waals surface area contributed by atoms with Crippen LogP contribution in [0.3, 0.4) is 0 Å². The minimum Gasteiger partial charge on any atom is -0.311 e. The van der Waals surface area contributed by atoms with Gasteiger partial charge in [0.15, 0.2) is 0 Å². The van der Waals surface area contributed by atoms with Crippen LogP contribution in [0.15, 0.2) is 174 Å². The first-order valence-corrected chi connectivity index (χ1v) is 25.0. The number of hydrogen-bond acceptors (Lipinski definition) is 1. The van der Waals surface area contributed by atoms with Crippen molar-refractivity contribution in [1.29, 1.82) is 0 Å². The Hall–Kier alpha value is -6.36. The van der Waals surface area contributed by atoms with E-state index in [0.717, 1.165) is 32.9 Å². The van der Waals surface area contributed by atoms with Crippen LogP contribution in [-0.4, -0.2) is 9.13 Å². The minimum absolute atomic E-state index is 0.0414. The molecule has 0 spiro atoms. The lowest BCUT2D eigenvalue weighted by molar-refractivity contribution is 0.590. The van der Waals surface area contributed by atoms with Gasteiger partial charge in [0.1, 0.15) is 0 Å². The second-order valence-electron chi connectivity index (χ2n) is 23.0. The first-order chi connectivity index (χ1) is 32.1. The van der Waals surface area contributed by atoms with Crippen molar-refractivity contribution >= 4 is 76.6 Å². The number of halogens is 1. The van der Waals surface area contributed by atoms with E-state index in [1.165, 1.54) is 77.0 Å². The fraction of sp³-hybridized carbons (Fsp3) is 0.250. The van der Waals surface area contributed by atoms with E-state index < -0.39 is 0 Å². The van der Waals surface area contributed by atoms with E-state index in [-0.39, 0.29) is 21.7 Å². The van der Waals surface area contributed by atoms with Gasteiger partial charge in [-0.3, -0.25) is 0 Å². The van der Waals surface area contributed by atoms with Crippen molar-refractivity contribution in [2.24, 2.45) is 0 Å². The monoisotopic (exact) mass is 953 g/mol. The van der Waals surface area contributed by atoms with E-state index in [1.54, 1.807) is 0 Å². The van der Waals surface area contributed by atoms with E-state index in [1.807, 2.05) is 0 Å². The zero-order valence-corrected chi connectivity index (χ0v) is 43.5. The Balaban J connectivity index is 1.10. The standard InChI is InChI=1S/C64H64BrN3/c1-61(2,3)43-17-33-57-53(37-43)54-38-44(62(4,5)6)18-34-58(54)67(57)51-29-25-49(26-30-51)66(48-23-15-42(16-24-48)41-13-21-47(65)22-14-41)50-27-31-52(32-28-50)68-59-35-19-45(63(7,8)9)39-55(59)56-40-46(64(10,11)12)20-36-60(56)68/h13-40H,1-12H3. The molecule has 0 aliphatic rings. The molecule has 0 amide bonds. The summed E-state index contributed by atoms with van der Waals surface area (Å²) >= 11 is 3.61. The summed E-state index contributed by atoms with van der Waals surface area (Å²) in [6.45, 7) is 27.6. The van der Waals surface area contributed by atoms with Crippen molar-refractivity contribution in [3.63, 3.8) is 0 Å². The normalized spacial score (nSPS) is 12.8. The van der Waals surface area contributed by atoms with Crippen molar-refractivity contribution in [3.05, 3.63) is 197 Å². The average molecular weight is 955 g/mol. The van der Waals surface area contributed by atoms with Gasteiger partial charge in [0.05, 0.1) is 22.1 Å². The maximum Gasteiger partial charge on any atom is 0.0541 e. The number of rotatable bonds is 6. The van der Waals surface area contributed by atoms with Gasteiger partial charge >= 0.3 is 0 Å². The second-order valence-corrected chi connectivity index (χ2v) is 23.9. The Morgan fingerprint density at radius 3 is 0.824 bits per heavy atom. The molecule has 0 unspecified atom stereocenters. The summed E-state index contributed by atoms with van der Waals surface area (Å²) in [6.07, 6.45) is 0. The first kappa shape index (κ1) is 45.4. The highest BCUT2D eigenvalue weighted by Gasteiger charge is 2.24. The summed E-state index contributed by atoms with van der Waals surface area (Å²) in [5, 5.41) is 5.18. The Morgan fingerprint density at radius 2 is 0.559 bits per heavy atom. The van der Waals surface area contributed by atoms with Gasteiger partial charge in [-0.15, -0.1) is 0 Å². The van der Waals surface area contributed by atoms with Gasteiger partial charge < -0.3 is 14.0 Å². The third-order valence-electron chi connectivity index (χ3n) is 14.0. The van der Waals surface area contributed by atoms with Crippen LogP contribution in [0.1, 0.15) is 105 Å². The van der Waals surface area contributed by atoms with Crippen molar-refractivity contribution in [1.82, 2.24) is 9.13 Å². The minimum atomic E-state index is 0.0414. The van der Waals surface area contributed by atoms with Crippen LogP contribution in [0, 0.1) is 0 Å². The Bertz CT molecular complexity index is 3170. The van der Waals surface area contributed by atoms with Crippen molar-refractivity contribution in [2.75, 3.05) is 4.90 Å². The number of nitrogens with zero attached hydrogens (tertiary/aromatic N) is 3. The molecule has 3 nitrogen and oxygen atoms in total. The number of aromatic nitrogens is 2. The van der Waals surface area contributed by atoms with E-state index in [4.69, 9.17) is 0 Å². The van der Waals surface area contributed by atoms with Crippen LogP contribution in [0.5, 0.6) is 0 Å². The first-order valence-electron chi connectivity index (χ1n) is 24.2. The molecule has 0 saturated carbocycles. The van der Waals surface area contributed by atoms with Gasteiger partial charge in [0.2, 0.25) is 0 Å². The molecule has 4 heteroatoms. The zero-order chi connectivity index (χ0) is 48.1.